The molecule has 1 fully saturated rings. The van der Waals surface area contributed by atoms with Gasteiger partial charge in [-0.2, -0.15) is 17.5 Å². The largest absolute Gasteiger partial charge is 0.433 e. The van der Waals surface area contributed by atoms with E-state index in [1.54, 1.807) is 0 Å². The molecule has 0 aromatic carbocycles. The van der Waals surface area contributed by atoms with Crippen LogP contribution in [0.15, 0.2) is 11.0 Å². The number of alkyl halides is 3. The maximum Gasteiger partial charge on any atom is 0.433 e. The van der Waals surface area contributed by atoms with Gasteiger partial charge in [-0.3, -0.25) is 0 Å². The van der Waals surface area contributed by atoms with E-state index in [0.717, 1.165) is 6.07 Å². The smallest absolute Gasteiger partial charge is 0.314 e. The summed E-state index contributed by atoms with van der Waals surface area (Å²) in [6.45, 7) is 4.28. The molecule has 0 saturated carbocycles. The molecule has 9 heteroatoms. The van der Waals surface area contributed by atoms with E-state index in [4.69, 9.17) is 0 Å². The summed E-state index contributed by atoms with van der Waals surface area (Å²) in [6.07, 6.45) is -4.59. The van der Waals surface area contributed by atoms with Gasteiger partial charge in [0.25, 0.3) is 0 Å². The molecule has 0 bridgehead atoms. The van der Waals surface area contributed by atoms with Crippen LogP contribution in [0, 0.1) is 13.8 Å². The molecule has 0 amide bonds. The Labute approximate surface area is 121 Å². The number of hydrogen-bond acceptors (Lipinski definition) is 4. The number of pyridine rings is 1. The number of nitrogens with one attached hydrogen (secondary N) is 1. The number of sulfonamides is 1. The monoisotopic (exact) mass is 323 g/mol. The SMILES string of the molecule is Cc1cc(C(F)(F)F)nc(C)c1S(=O)(=O)N1CCNCC1. The normalized spacial score (nSPS) is 18.0. The topological polar surface area (TPSA) is 62.3 Å². The fraction of sp³-hybridized carbons (Fsp3) is 0.583. The predicted octanol–water partition coefficient (Wildman–Crippen LogP) is 1.31. The van der Waals surface area contributed by atoms with Crippen LogP contribution in [-0.2, 0) is 16.2 Å². The zero-order chi connectivity index (χ0) is 15.8. The van der Waals surface area contributed by atoms with Gasteiger partial charge in [0.1, 0.15) is 10.6 Å². The molecule has 0 aliphatic carbocycles. The quantitative estimate of drug-likeness (QED) is 0.891. The van der Waals surface area contributed by atoms with Crippen molar-refractivity contribution in [3.05, 3.63) is 23.0 Å². The van der Waals surface area contributed by atoms with Crippen molar-refractivity contribution < 1.29 is 21.6 Å². The predicted molar refractivity (Wildman–Crippen MR) is 70.3 cm³/mol. The van der Waals surface area contributed by atoms with Gasteiger partial charge in [-0.05, 0) is 25.5 Å². The van der Waals surface area contributed by atoms with Crippen LogP contribution in [0.3, 0.4) is 0 Å². The first-order valence-corrected chi connectivity index (χ1v) is 7.84. The fourth-order valence-corrected chi connectivity index (χ4v) is 4.18. The zero-order valence-electron chi connectivity index (χ0n) is 11.7. The Morgan fingerprint density at radius 3 is 2.29 bits per heavy atom. The van der Waals surface area contributed by atoms with Gasteiger partial charge < -0.3 is 5.32 Å². The number of halogens is 3. The Balaban J connectivity index is 2.49. The molecule has 1 aromatic heterocycles. The highest BCUT2D eigenvalue weighted by Crippen LogP contribution is 2.31. The number of rotatable bonds is 2. The van der Waals surface area contributed by atoms with Crippen molar-refractivity contribution in [2.45, 2.75) is 24.9 Å². The fourth-order valence-electron chi connectivity index (χ4n) is 2.37. The van der Waals surface area contributed by atoms with E-state index in [-0.39, 0.29) is 16.2 Å². The van der Waals surface area contributed by atoms with Crippen LogP contribution in [-0.4, -0.2) is 43.9 Å². The second-order valence-electron chi connectivity index (χ2n) is 4.89. The highest BCUT2D eigenvalue weighted by Gasteiger charge is 2.36. The minimum Gasteiger partial charge on any atom is -0.314 e. The molecule has 2 heterocycles. The molecule has 0 unspecified atom stereocenters. The van der Waals surface area contributed by atoms with E-state index in [1.807, 2.05) is 0 Å². The van der Waals surface area contributed by atoms with Crippen LogP contribution in [0.1, 0.15) is 17.0 Å². The standard InChI is InChI=1S/C12H16F3N3O2S/c1-8-7-10(12(13,14)15)17-9(2)11(8)21(19,20)18-5-3-16-4-6-18/h7,16H,3-6H2,1-2H3. The lowest BCUT2D eigenvalue weighted by molar-refractivity contribution is -0.141. The van der Waals surface area contributed by atoms with Gasteiger partial charge in [0, 0.05) is 26.2 Å². The van der Waals surface area contributed by atoms with Gasteiger partial charge in [-0.1, -0.05) is 0 Å². The first kappa shape index (κ1) is 16.2. The van der Waals surface area contributed by atoms with Crippen molar-refractivity contribution in [3.8, 4) is 0 Å². The van der Waals surface area contributed by atoms with Crippen molar-refractivity contribution in [2.24, 2.45) is 0 Å². The third kappa shape index (κ3) is 3.19. The van der Waals surface area contributed by atoms with Crippen LogP contribution in [0.2, 0.25) is 0 Å². The summed E-state index contributed by atoms with van der Waals surface area (Å²) in [5, 5.41) is 3.03. The summed E-state index contributed by atoms with van der Waals surface area (Å²) in [4.78, 5) is 3.29. The van der Waals surface area contributed by atoms with Gasteiger partial charge >= 0.3 is 6.18 Å². The summed E-state index contributed by atoms with van der Waals surface area (Å²) in [6, 6.07) is 0.780. The van der Waals surface area contributed by atoms with Crippen LogP contribution in [0.4, 0.5) is 13.2 Å². The third-order valence-electron chi connectivity index (χ3n) is 3.29. The molecule has 0 atom stereocenters. The Morgan fingerprint density at radius 1 is 1.24 bits per heavy atom. The number of aromatic nitrogens is 1. The molecule has 1 aliphatic rings. The van der Waals surface area contributed by atoms with Gasteiger partial charge in [0.15, 0.2) is 0 Å². The van der Waals surface area contributed by atoms with E-state index in [0.29, 0.717) is 26.2 Å². The molecule has 0 spiro atoms. The van der Waals surface area contributed by atoms with Crippen molar-refractivity contribution in [1.29, 1.82) is 0 Å². The van der Waals surface area contributed by atoms with E-state index in [2.05, 4.69) is 10.3 Å². The van der Waals surface area contributed by atoms with Gasteiger partial charge in [0.05, 0.1) is 5.69 Å². The lowest BCUT2D eigenvalue weighted by Gasteiger charge is -2.27. The van der Waals surface area contributed by atoms with Crippen molar-refractivity contribution in [2.75, 3.05) is 26.2 Å². The Kier molecular flexibility index (Phi) is 4.27. The number of piperazine rings is 1. The van der Waals surface area contributed by atoms with Gasteiger partial charge in [-0.25, -0.2) is 13.4 Å². The highest BCUT2D eigenvalue weighted by atomic mass is 32.2. The lowest BCUT2D eigenvalue weighted by Crippen LogP contribution is -2.46. The zero-order valence-corrected chi connectivity index (χ0v) is 12.5. The van der Waals surface area contributed by atoms with Gasteiger partial charge in [-0.15, -0.1) is 0 Å². The Morgan fingerprint density at radius 2 is 1.81 bits per heavy atom. The summed E-state index contributed by atoms with van der Waals surface area (Å²) in [5.74, 6) is 0. The van der Waals surface area contributed by atoms with Crippen molar-refractivity contribution in [3.63, 3.8) is 0 Å². The first-order chi connectivity index (χ1) is 9.64. The molecule has 118 valence electrons. The molecule has 1 aromatic rings. The average Bonchev–Trinajstić information content (AvgIpc) is 2.37. The van der Waals surface area contributed by atoms with E-state index >= 15 is 0 Å². The first-order valence-electron chi connectivity index (χ1n) is 6.40. The summed E-state index contributed by atoms with van der Waals surface area (Å²) in [7, 11) is -3.82. The van der Waals surface area contributed by atoms with Crippen LogP contribution in [0.25, 0.3) is 0 Å². The third-order valence-corrected chi connectivity index (χ3v) is 5.47. The van der Waals surface area contributed by atoms with Crippen LogP contribution >= 0.6 is 0 Å². The lowest BCUT2D eigenvalue weighted by atomic mass is 10.2. The molecule has 21 heavy (non-hydrogen) atoms. The summed E-state index contributed by atoms with van der Waals surface area (Å²) >= 11 is 0. The number of hydrogen-bond donors (Lipinski definition) is 1. The molecular weight excluding hydrogens is 307 g/mol. The highest BCUT2D eigenvalue weighted by molar-refractivity contribution is 7.89. The Hall–Kier alpha value is -1.19. The Bertz CT molecular complexity index is 615. The minimum absolute atomic E-state index is 0.0633. The molecule has 2 rings (SSSR count). The maximum absolute atomic E-state index is 12.7. The molecule has 1 aliphatic heterocycles. The maximum atomic E-state index is 12.7. The van der Waals surface area contributed by atoms with Crippen molar-refractivity contribution >= 4 is 10.0 Å². The summed E-state index contributed by atoms with van der Waals surface area (Å²) in [5.41, 5.74) is -1.13. The molecule has 1 saturated heterocycles. The second kappa shape index (κ2) is 5.54. The van der Waals surface area contributed by atoms with Crippen molar-refractivity contribution in [1.82, 2.24) is 14.6 Å². The van der Waals surface area contributed by atoms with E-state index < -0.39 is 21.9 Å². The summed E-state index contributed by atoms with van der Waals surface area (Å²) < 4.78 is 64.5. The molecule has 5 nitrogen and oxygen atoms in total. The second-order valence-corrected chi connectivity index (χ2v) is 6.77. The van der Waals surface area contributed by atoms with Crippen LogP contribution < -0.4 is 5.32 Å². The average molecular weight is 323 g/mol. The molecule has 1 N–H and O–H groups in total. The number of aryl methyl sites for hydroxylation is 2. The van der Waals surface area contributed by atoms with E-state index in [9.17, 15) is 21.6 Å². The van der Waals surface area contributed by atoms with Gasteiger partial charge in [0.2, 0.25) is 10.0 Å². The minimum atomic E-state index is -4.59. The number of nitrogens with zero attached hydrogens (tertiary/aromatic N) is 2. The molecule has 0 radical (unpaired) electrons. The van der Waals surface area contributed by atoms with Crippen LogP contribution in [0.5, 0.6) is 0 Å². The molecular formula is C12H16F3N3O2S. The van der Waals surface area contributed by atoms with E-state index in [1.165, 1.54) is 18.2 Å².